The molecule has 0 radical (unpaired) electrons. The minimum absolute atomic E-state index is 0.134. The normalized spacial score (nSPS) is 22.0. The van der Waals surface area contributed by atoms with Crippen molar-refractivity contribution in [3.8, 4) is 0 Å². The number of ether oxygens (including phenoxy) is 2. The first kappa shape index (κ1) is 17.4. The lowest BCUT2D eigenvalue weighted by atomic mass is 9.90. The Morgan fingerprint density at radius 2 is 1.96 bits per heavy atom. The highest BCUT2D eigenvalue weighted by atomic mass is 16.5. The van der Waals surface area contributed by atoms with Gasteiger partial charge in [0.1, 0.15) is 6.61 Å². The molecule has 0 bridgehead atoms. The Morgan fingerprint density at radius 3 is 2.67 bits per heavy atom. The standard InChI is InChI=1S/C20H29NO3/c22-20(16-23-15-19-7-4-14-24-19)21-12-10-18(11-13-21)9-8-17-5-2-1-3-6-17/h1-3,5-6,18-19H,4,7-16H2. The van der Waals surface area contributed by atoms with E-state index in [0.29, 0.717) is 6.61 Å². The molecule has 0 spiro atoms. The van der Waals surface area contributed by atoms with Gasteiger partial charge in [-0.1, -0.05) is 30.3 Å². The molecule has 1 amide bonds. The first-order valence-corrected chi connectivity index (χ1v) is 9.32. The van der Waals surface area contributed by atoms with Crippen molar-refractivity contribution in [3.05, 3.63) is 35.9 Å². The Bertz CT molecular complexity index is 491. The SMILES string of the molecule is O=C(COCC1CCCO1)N1CCC(CCc2ccccc2)CC1. The van der Waals surface area contributed by atoms with Crippen LogP contribution >= 0.6 is 0 Å². The number of hydrogen-bond donors (Lipinski definition) is 0. The molecule has 0 aliphatic carbocycles. The molecule has 2 saturated heterocycles. The predicted octanol–water partition coefficient (Wildman–Crippen LogP) is 3.05. The summed E-state index contributed by atoms with van der Waals surface area (Å²) in [4.78, 5) is 14.2. The van der Waals surface area contributed by atoms with Crippen LogP contribution in [0.25, 0.3) is 0 Å². The average Bonchev–Trinajstić information content (AvgIpc) is 3.15. The maximum Gasteiger partial charge on any atom is 0.248 e. The quantitative estimate of drug-likeness (QED) is 0.771. The van der Waals surface area contributed by atoms with E-state index in [2.05, 4.69) is 30.3 Å². The van der Waals surface area contributed by atoms with Gasteiger partial charge in [0.25, 0.3) is 0 Å². The highest BCUT2D eigenvalue weighted by molar-refractivity contribution is 5.77. The highest BCUT2D eigenvalue weighted by Crippen LogP contribution is 2.22. The van der Waals surface area contributed by atoms with E-state index >= 15 is 0 Å². The average molecular weight is 331 g/mol. The van der Waals surface area contributed by atoms with Crippen molar-refractivity contribution in [2.24, 2.45) is 5.92 Å². The topological polar surface area (TPSA) is 38.8 Å². The highest BCUT2D eigenvalue weighted by Gasteiger charge is 2.23. The second kappa shape index (κ2) is 9.19. The van der Waals surface area contributed by atoms with Gasteiger partial charge in [-0.25, -0.2) is 0 Å². The number of carbonyl (C=O) groups is 1. The lowest BCUT2D eigenvalue weighted by Crippen LogP contribution is -2.40. The first-order valence-electron chi connectivity index (χ1n) is 9.32. The zero-order valence-electron chi connectivity index (χ0n) is 14.5. The summed E-state index contributed by atoms with van der Waals surface area (Å²) in [5, 5.41) is 0. The molecule has 1 unspecified atom stereocenters. The largest absolute Gasteiger partial charge is 0.376 e. The van der Waals surface area contributed by atoms with E-state index in [-0.39, 0.29) is 18.6 Å². The van der Waals surface area contributed by atoms with Gasteiger partial charge in [0, 0.05) is 19.7 Å². The van der Waals surface area contributed by atoms with Gasteiger partial charge in [-0.2, -0.15) is 0 Å². The van der Waals surface area contributed by atoms with Crippen molar-refractivity contribution in [1.29, 1.82) is 0 Å². The molecular weight excluding hydrogens is 302 g/mol. The van der Waals surface area contributed by atoms with Crippen LogP contribution in [0.1, 0.15) is 37.7 Å². The van der Waals surface area contributed by atoms with Gasteiger partial charge in [0.05, 0.1) is 12.7 Å². The summed E-state index contributed by atoms with van der Waals surface area (Å²) in [7, 11) is 0. The van der Waals surface area contributed by atoms with Crippen LogP contribution in [0.3, 0.4) is 0 Å². The van der Waals surface area contributed by atoms with Gasteiger partial charge in [-0.15, -0.1) is 0 Å². The van der Waals surface area contributed by atoms with E-state index in [0.717, 1.165) is 57.7 Å². The number of nitrogens with zero attached hydrogens (tertiary/aromatic N) is 1. The van der Waals surface area contributed by atoms with Gasteiger partial charge in [0.15, 0.2) is 0 Å². The second-order valence-corrected chi connectivity index (χ2v) is 7.00. The molecule has 4 heteroatoms. The van der Waals surface area contributed by atoms with Crippen LogP contribution in [0.15, 0.2) is 30.3 Å². The van der Waals surface area contributed by atoms with Crippen molar-refractivity contribution in [2.45, 2.75) is 44.6 Å². The fourth-order valence-corrected chi connectivity index (χ4v) is 3.63. The molecule has 1 aromatic rings. The Morgan fingerprint density at radius 1 is 1.17 bits per heavy atom. The predicted molar refractivity (Wildman–Crippen MR) is 93.9 cm³/mol. The maximum absolute atomic E-state index is 12.2. The van der Waals surface area contributed by atoms with E-state index in [1.165, 1.54) is 12.0 Å². The van der Waals surface area contributed by atoms with Gasteiger partial charge in [0.2, 0.25) is 5.91 Å². The fourth-order valence-electron chi connectivity index (χ4n) is 3.63. The Kier molecular flexibility index (Phi) is 6.67. The molecule has 1 atom stereocenters. The Balaban J connectivity index is 1.30. The summed E-state index contributed by atoms with van der Waals surface area (Å²) in [5.41, 5.74) is 1.42. The van der Waals surface area contributed by atoms with Crippen LogP contribution in [0.4, 0.5) is 0 Å². The second-order valence-electron chi connectivity index (χ2n) is 7.00. The fraction of sp³-hybridized carbons (Fsp3) is 0.650. The number of likely N-dealkylation sites (tertiary alicyclic amines) is 1. The van der Waals surface area contributed by atoms with Gasteiger partial charge < -0.3 is 14.4 Å². The first-order chi connectivity index (χ1) is 11.8. The molecule has 3 rings (SSSR count). The minimum atomic E-state index is 0.134. The van der Waals surface area contributed by atoms with Crippen molar-refractivity contribution < 1.29 is 14.3 Å². The molecule has 2 fully saturated rings. The molecular formula is C20H29NO3. The number of piperidine rings is 1. The number of rotatable bonds is 7. The molecule has 4 nitrogen and oxygen atoms in total. The molecule has 2 aliphatic rings. The smallest absolute Gasteiger partial charge is 0.248 e. The number of hydrogen-bond acceptors (Lipinski definition) is 3. The molecule has 1 aromatic carbocycles. The Labute approximate surface area is 145 Å². The summed E-state index contributed by atoms with van der Waals surface area (Å²) >= 11 is 0. The molecule has 0 aromatic heterocycles. The minimum Gasteiger partial charge on any atom is -0.376 e. The Hall–Kier alpha value is -1.39. The van der Waals surface area contributed by atoms with Crippen molar-refractivity contribution >= 4 is 5.91 Å². The van der Waals surface area contributed by atoms with Gasteiger partial charge in [-0.05, 0) is 50.0 Å². The van der Waals surface area contributed by atoms with Crippen LogP contribution in [0.5, 0.6) is 0 Å². The summed E-state index contributed by atoms with van der Waals surface area (Å²) in [5.74, 6) is 0.872. The van der Waals surface area contributed by atoms with Gasteiger partial charge in [-0.3, -0.25) is 4.79 Å². The third kappa shape index (κ3) is 5.32. The van der Waals surface area contributed by atoms with Crippen molar-refractivity contribution in [2.75, 3.05) is 32.9 Å². The molecule has 2 heterocycles. The van der Waals surface area contributed by atoms with Gasteiger partial charge >= 0.3 is 0 Å². The number of amides is 1. The third-order valence-corrected chi connectivity index (χ3v) is 5.20. The van der Waals surface area contributed by atoms with E-state index in [1.54, 1.807) is 0 Å². The summed E-state index contributed by atoms with van der Waals surface area (Å²) < 4.78 is 11.1. The van der Waals surface area contributed by atoms with Crippen molar-refractivity contribution in [1.82, 2.24) is 4.90 Å². The monoisotopic (exact) mass is 331 g/mol. The van der Waals surface area contributed by atoms with Crippen LogP contribution in [-0.4, -0.2) is 49.8 Å². The molecule has 2 aliphatic heterocycles. The lowest BCUT2D eigenvalue weighted by molar-refractivity contribution is -0.138. The summed E-state index contributed by atoms with van der Waals surface area (Å²) in [6, 6.07) is 10.7. The van der Waals surface area contributed by atoms with Crippen molar-refractivity contribution in [3.63, 3.8) is 0 Å². The summed E-state index contributed by atoms with van der Waals surface area (Å²) in [6.45, 7) is 3.34. The molecule has 24 heavy (non-hydrogen) atoms. The number of carbonyl (C=O) groups excluding carboxylic acids is 1. The van der Waals surface area contributed by atoms with Crippen LogP contribution in [0, 0.1) is 5.92 Å². The van der Waals surface area contributed by atoms with E-state index in [9.17, 15) is 4.79 Å². The zero-order chi connectivity index (χ0) is 16.6. The van der Waals surface area contributed by atoms with E-state index in [4.69, 9.17) is 9.47 Å². The molecule has 0 saturated carbocycles. The van der Waals surface area contributed by atoms with Crippen LogP contribution < -0.4 is 0 Å². The van der Waals surface area contributed by atoms with E-state index in [1.807, 2.05) is 4.90 Å². The molecule has 0 N–H and O–H groups in total. The lowest BCUT2D eigenvalue weighted by Gasteiger charge is -2.32. The summed E-state index contributed by atoms with van der Waals surface area (Å²) in [6.07, 6.45) is 6.96. The number of aryl methyl sites for hydroxylation is 1. The van der Waals surface area contributed by atoms with Crippen LogP contribution in [0.2, 0.25) is 0 Å². The van der Waals surface area contributed by atoms with Crippen LogP contribution in [-0.2, 0) is 20.7 Å². The maximum atomic E-state index is 12.2. The number of benzene rings is 1. The molecule has 132 valence electrons. The third-order valence-electron chi connectivity index (χ3n) is 5.20. The van der Waals surface area contributed by atoms with E-state index < -0.39 is 0 Å². The zero-order valence-corrected chi connectivity index (χ0v) is 14.5.